The largest absolute Gasteiger partial charge is 0.382 e. The van der Waals surface area contributed by atoms with Crippen molar-refractivity contribution in [2.75, 3.05) is 7.11 Å². The van der Waals surface area contributed by atoms with Gasteiger partial charge in [-0.15, -0.1) is 0 Å². The second-order valence-corrected chi connectivity index (χ2v) is 4.74. The highest BCUT2D eigenvalue weighted by Crippen LogP contribution is 2.12. The zero-order chi connectivity index (χ0) is 12.1. The van der Waals surface area contributed by atoms with E-state index < -0.39 is 0 Å². The first-order valence-electron chi connectivity index (χ1n) is 5.86. The average molecular weight is 221 g/mol. The average Bonchev–Trinajstić information content (AvgIpc) is 2.15. The molecule has 0 saturated carbocycles. The lowest BCUT2D eigenvalue weighted by Gasteiger charge is -2.16. The Kier molecular flexibility index (Phi) is 4.97. The van der Waals surface area contributed by atoms with Crippen LogP contribution >= 0.6 is 0 Å². The first-order chi connectivity index (χ1) is 7.51. The van der Waals surface area contributed by atoms with E-state index in [-0.39, 0.29) is 12.1 Å². The number of methoxy groups -OCH3 is 1. The highest BCUT2D eigenvalue weighted by molar-refractivity contribution is 5.29. The van der Waals surface area contributed by atoms with Crippen LogP contribution in [0.3, 0.4) is 0 Å². The van der Waals surface area contributed by atoms with Crippen molar-refractivity contribution in [2.24, 2.45) is 5.73 Å². The molecular weight excluding hydrogens is 198 g/mol. The van der Waals surface area contributed by atoms with Gasteiger partial charge in [-0.1, -0.05) is 29.3 Å². The molecule has 2 heteroatoms. The summed E-state index contributed by atoms with van der Waals surface area (Å²) in [5.41, 5.74) is 10.0. The summed E-state index contributed by atoms with van der Waals surface area (Å²) in [4.78, 5) is 0. The van der Waals surface area contributed by atoms with E-state index in [9.17, 15) is 0 Å². The molecule has 2 N–H and O–H groups in total. The maximum atomic E-state index is 6.10. The molecule has 0 spiro atoms. The lowest BCUT2D eigenvalue weighted by molar-refractivity contribution is 0.104. The predicted octanol–water partition coefficient (Wildman–Crippen LogP) is 2.60. The van der Waals surface area contributed by atoms with Crippen LogP contribution in [0.25, 0.3) is 0 Å². The Hall–Kier alpha value is -0.860. The molecule has 0 bridgehead atoms. The quantitative estimate of drug-likeness (QED) is 0.829. The molecule has 0 aliphatic rings. The van der Waals surface area contributed by atoms with E-state index in [1.807, 2.05) is 0 Å². The number of rotatable bonds is 5. The Morgan fingerprint density at radius 2 is 1.75 bits per heavy atom. The minimum atomic E-state index is 0.177. The van der Waals surface area contributed by atoms with Gasteiger partial charge in [0, 0.05) is 13.2 Å². The molecule has 0 saturated heterocycles. The molecular formula is C14H23NO. The molecule has 0 heterocycles. The maximum Gasteiger partial charge on any atom is 0.0558 e. The fourth-order valence-electron chi connectivity index (χ4n) is 2.10. The molecule has 0 aromatic heterocycles. The number of nitrogens with two attached hydrogens (primary N) is 1. The van der Waals surface area contributed by atoms with E-state index in [0.717, 1.165) is 12.8 Å². The van der Waals surface area contributed by atoms with Crippen LogP contribution in [-0.4, -0.2) is 19.3 Å². The van der Waals surface area contributed by atoms with Gasteiger partial charge in [-0.25, -0.2) is 0 Å². The molecule has 0 aliphatic heterocycles. The third-order valence-corrected chi connectivity index (χ3v) is 2.82. The number of hydrogen-bond acceptors (Lipinski definition) is 2. The molecule has 0 fully saturated rings. The molecule has 90 valence electrons. The van der Waals surface area contributed by atoms with Crippen LogP contribution in [-0.2, 0) is 11.2 Å². The lowest BCUT2D eigenvalue weighted by atomic mass is 9.99. The Morgan fingerprint density at radius 3 is 2.25 bits per heavy atom. The molecule has 2 unspecified atom stereocenters. The Morgan fingerprint density at radius 1 is 1.19 bits per heavy atom. The summed E-state index contributed by atoms with van der Waals surface area (Å²) in [5, 5.41) is 0. The molecule has 0 amide bonds. The number of ether oxygens (including phenoxy) is 1. The second-order valence-electron chi connectivity index (χ2n) is 4.74. The van der Waals surface area contributed by atoms with Gasteiger partial charge < -0.3 is 10.5 Å². The molecule has 1 aromatic carbocycles. The van der Waals surface area contributed by atoms with Crippen molar-refractivity contribution < 1.29 is 4.74 Å². The smallest absolute Gasteiger partial charge is 0.0558 e. The maximum absolute atomic E-state index is 6.10. The summed E-state index contributed by atoms with van der Waals surface area (Å²) in [7, 11) is 1.73. The van der Waals surface area contributed by atoms with Gasteiger partial charge in [-0.2, -0.15) is 0 Å². The minimum Gasteiger partial charge on any atom is -0.382 e. The van der Waals surface area contributed by atoms with Gasteiger partial charge in [-0.05, 0) is 39.2 Å². The van der Waals surface area contributed by atoms with Gasteiger partial charge in [0.2, 0.25) is 0 Å². The van der Waals surface area contributed by atoms with Gasteiger partial charge >= 0.3 is 0 Å². The van der Waals surface area contributed by atoms with Crippen molar-refractivity contribution in [2.45, 2.75) is 45.8 Å². The SMILES string of the molecule is COC(C)CC(N)Cc1cc(C)cc(C)c1. The van der Waals surface area contributed by atoms with Gasteiger partial charge in [-0.3, -0.25) is 0 Å². The van der Waals surface area contributed by atoms with Crippen LogP contribution in [0.5, 0.6) is 0 Å². The molecule has 16 heavy (non-hydrogen) atoms. The third kappa shape index (κ3) is 4.33. The van der Waals surface area contributed by atoms with Crippen molar-refractivity contribution in [3.8, 4) is 0 Å². The van der Waals surface area contributed by atoms with Crippen molar-refractivity contribution in [3.05, 3.63) is 34.9 Å². The van der Waals surface area contributed by atoms with E-state index in [4.69, 9.17) is 10.5 Å². The first kappa shape index (κ1) is 13.2. The molecule has 2 nitrogen and oxygen atoms in total. The topological polar surface area (TPSA) is 35.2 Å². The summed E-state index contributed by atoms with van der Waals surface area (Å²) in [6.45, 7) is 6.31. The predicted molar refractivity (Wildman–Crippen MR) is 68.7 cm³/mol. The van der Waals surface area contributed by atoms with E-state index in [1.54, 1.807) is 7.11 Å². The normalized spacial score (nSPS) is 14.8. The fraction of sp³-hybridized carbons (Fsp3) is 0.571. The van der Waals surface area contributed by atoms with Gasteiger partial charge in [0.05, 0.1) is 6.10 Å². The number of aryl methyl sites for hydroxylation is 2. The van der Waals surface area contributed by atoms with Gasteiger partial charge in [0.1, 0.15) is 0 Å². The summed E-state index contributed by atoms with van der Waals surface area (Å²) < 4.78 is 5.23. The highest BCUT2D eigenvalue weighted by atomic mass is 16.5. The third-order valence-electron chi connectivity index (χ3n) is 2.82. The highest BCUT2D eigenvalue weighted by Gasteiger charge is 2.09. The second kappa shape index (κ2) is 6.02. The molecule has 1 aromatic rings. The van der Waals surface area contributed by atoms with Crippen LogP contribution in [0, 0.1) is 13.8 Å². The van der Waals surface area contributed by atoms with Crippen molar-refractivity contribution >= 4 is 0 Å². The number of hydrogen-bond donors (Lipinski definition) is 1. The summed E-state index contributed by atoms with van der Waals surface area (Å²) >= 11 is 0. The zero-order valence-corrected chi connectivity index (χ0v) is 10.8. The number of benzene rings is 1. The Balaban J connectivity index is 2.58. The van der Waals surface area contributed by atoms with E-state index in [1.165, 1.54) is 16.7 Å². The van der Waals surface area contributed by atoms with Crippen molar-refractivity contribution in [1.29, 1.82) is 0 Å². The standard InChI is InChI=1S/C14H23NO/c1-10-5-11(2)7-13(6-10)9-14(15)8-12(3)16-4/h5-7,12,14H,8-9,15H2,1-4H3. The van der Waals surface area contributed by atoms with Crippen molar-refractivity contribution in [3.63, 3.8) is 0 Å². The van der Waals surface area contributed by atoms with Crippen LogP contribution in [0.1, 0.15) is 30.0 Å². The van der Waals surface area contributed by atoms with Crippen molar-refractivity contribution in [1.82, 2.24) is 0 Å². The molecule has 2 atom stereocenters. The molecule has 0 aliphatic carbocycles. The molecule has 0 radical (unpaired) electrons. The zero-order valence-electron chi connectivity index (χ0n) is 10.8. The van der Waals surface area contributed by atoms with E-state index >= 15 is 0 Å². The van der Waals surface area contributed by atoms with E-state index in [0.29, 0.717) is 0 Å². The summed E-state index contributed by atoms with van der Waals surface area (Å²) in [6.07, 6.45) is 2.07. The Bertz CT molecular complexity index is 315. The monoisotopic (exact) mass is 221 g/mol. The summed E-state index contributed by atoms with van der Waals surface area (Å²) in [6, 6.07) is 6.79. The lowest BCUT2D eigenvalue weighted by Crippen LogP contribution is -2.28. The van der Waals surface area contributed by atoms with Crippen LogP contribution in [0.2, 0.25) is 0 Å². The minimum absolute atomic E-state index is 0.177. The van der Waals surface area contributed by atoms with Crippen LogP contribution < -0.4 is 5.73 Å². The van der Waals surface area contributed by atoms with Gasteiger partial charge in [0.25, 0.3) is 0 Å². The van der Waals surface area contributed by atoms with Gasteiger partial charge in [0.15, 0.2) is 0 Å². The van der Waals surface area contributed by atoms with E-state index in [2.05, 4.69) is 39.0 Å². The molecule has 1 rings (SSSR count). The van der Waals surface area contributed by atoms with Crippen LogP contribution in [0.15, 0.2) is 18.2 Å². The van der Waals surface area contributed by atoms with Crippen LogP contribution in [0.4, 0.5) is 0 Å². The first-order valence-corrected chi connectivity index (χ1v) is 5.86. The summed E-state index contributed by atoms with van der Waals surface area (Å²) in [5.74, 6) is 0. The fourth-order valence-corrected chi connectivity index (χ4v) is 2.10. The Labute approximate surface area is 98.8 Å².